The third-order valence-corrected chi connectivity index (χ3v) is 3.41. The highest BCUT2D eigenvalue weighted by molar-refractivity contribution is 14.1. The monoisotopic (exact) mass is 299 g/mol. The first-order valence-corrected chi connectivity index (χ1v) is 5.45. The fraction of sp³-hybridized carbons (Fsp3) is 0.182. The first kappa shape index (κ1) is 9.86. The van der Waals surface area contributed by atoms with E-state index in [4.69, 9.17) is 5.11 Å². The topological polar surface area (TPSA) is 33.1 Å². The predicted octanol–water partition coefficient (Wildman–Crippen LogP) is 2.64. The number of fused-ring (bicyclic) bond motifs is 1. The van der Waals surface area contributed by atoms with Crippen molar-refractivity contribution >= 4 is 33.4 Å². The summed E-state index contributed by atoms with van der Waals surface area (Å²) in [5, 5.41) is 11.4. The van der Waals surface area contributed by atoms with Crippen LogP contribution in [0.1, 0.15) is 11.3 Å². The number of hydrogen-bond donors (Lipinski definition) is 1. The lowest BCUT2D eigenvalue weighted by atomic mass is 10.1. The molecule has 0 amide bonds. The van der Waals surface area contributed by atoms with Gasteiger partial charge in [0.25, 0.3) is 0 Å². The second-order valence-corrected chi connectivity index (χ2v) is 4.35. The average molecular weight is 299 g/mol. The van der Waals surface area contributed by atoms with Crippen molar-refractivity contribution in [3.05, 3.63) is 39.2 Å². The van der Waals surface area contributed by atoms with Crippen LogP contribution in [-0.4, -0.2) is 10.1 Å². The molecule has 0 saturated carbocycles. The van der Waals surface area contributed by atoms with Crippen molar-refractivity contribution in [2.24, 2.45) is 0 Å². The van der Waals surface area contributed by atoms with Gasteiger partial charge >= 0.3 is 0 Å². The minimum Gasteiger partial charge on any atom is -0.390 e. The van der Waals surface area contributed by atoms with Gasteiger partial charge in [0.15, 0.2) is 0 Å². The molecule has 14 heavy (non-hydrogen) atoms. The summed E-state index contributed by atoms with van der Waals surface area (Å²) >= 11 is 2.23. The maximum atomic E-state index is 9.07. The van der Waals surface area contributed by atoms with Crippen molar-refractivity contribution in [2.45, 2.75) is 13.5 Å². The summed E-state index contributed by atoms with van der Waals surface area (Å²) in [6.45, 7) is 2.06. The summed E-state index contributed by atoms with van der Waals surface area (Å²) in [6, 6.07) is 6.25. The van der Waals surface area contributed by atoms with Gasteiger partial charge in [-0.15, -0.1) is 0 Å². The molecule has 0 radical (unpaired) electrons. The van der Waals surface area contributed by atoms with Crippen LogP contribution >= 0.6 is 22.6 Å². The van der Waals surface area contributed by atoms with Gasteiger partial charge in [0.1, 0.15) is 0 Å². The van der Waals surface area contributed by atoms with E-state index in [1.807, 2.05) is 6.20 Å². The molecule has 0 spiro atoms. The van der Waals surface area contributed by atoms with Crippen molar-refractivity contribution in [1.29, 1.82) is 0 Å². The van der Waals surface area contributed by atoms with Crippen molar-refractivity contribution < 1.29 is 5.11 Å². The maximum Gasteiger partial charge on any atom is 0.0863 e. The fourth-order valence-electron chi connectivity index (χ4n) is 1.46. The van der Waals surface area contributed by atoms with Crippen molar-refractivity contribution in [1.82, 2.24) is 4.98 Å². The van der Waals surface area contributed by atoms with Gasteiger partial charge in [0.2, 0.25) is 0 Å². The standard InChI is InChI=1S/C11H10INO/c1-7-2-3-9-8(4-7)5-13-10(6-14)11(9)12/h2-5,14H,6H2,1H3. The van der Waals surface area contributed by atoms with Gasteiger partial charge in [-0.05, 0) is 41.0 Å². The van der Waals surface area contributed by atoms with Crippen LogP contribution in [0.2, 0.25) is 0 Å². The van der Waals surface area contributed by atoms with Crippen LogP contribution in [0, 0.1) is 10.5 Å². The Kier molecular flexibility index (Phi) is 2.69. The van der Waals surface area contributed by atoms with Crippen LogP contribution in [0.25, 0.3) is 10.8 Å². The number of aromatic nitrogens is 1. The number of aliphatic hydroxyl groups is 1. The number of rotatable bonds is 1. The molecule has 3 heteroatoms. The molecule has 1 aromatic heterocycles. The van der Waals surface area contributed by atoms with Crippen molar-refractivity contribution in [3.63, 3.8) is 0 Å². The quantitative estimate of drug-likeness (QED) is 0.821. The Labute approximate surface area is 96.1 Å². The van der Waals surface area contributed by atoms with E-state index in [1.54, 1.807) is 0 Å². The summed E-state index contributed by atoms with van der Waals surface area (Å²) in [6.07, 6.45) is 1.82. The highest BCUT2D eigenvalue weighted by Gasteiger charge is 2.04. The first-order valence-electron chi connectivity index (χ1n) is 4.37. The van der Waals surface area contributed by atoms with Crippen molar-refractivity contribution in [3.8, 4) is 0 Å². The molecule has 0 atom stereocenters. The molecular formula is C11H10INO. The zero-order valence-corrected chi connectivity index (χ0v) is 9.95. The van der Waals surface area contributed by atoms with Gasteiger partial charge in [-0.25, -0.2) is 0 Å². The molecule has 2 rings (SSSR count). The zero-order valence-electron chi connectivity index (χ0n) is 7.79. The van der Waals surface area contributed by atoms with Crippen molar-refractivity contribution in [2.75, 3.05) is 0 Å². The molecule has 1 heterocycles. The molecule has 0 bridgehead atoms. The third kappa shape index (κ3) is 1.62. The lowest BCUT2D eigenvalue weighted by molar-refractivity contribution is 0.276. The molecule has 1 N–H and O–H groups in total. The number of nitrogens with zero attached hydrogens (tertiary/aromatic N) is 1. The highest BCUT2D eigenvalue weighted by Crippen LogP contribution is 2.23. The molecule has 0 unspecified atom stereocenters. The molecule has 2 nitrogen and oxygen atoms in total. The number of benzene rings is 1. The molecule has 0 saturated heterocycles. The number of pyridine rings is 1. The lowest BCUT2D eigenvalue weighted by Crippen LogP contribution is -1.94. The van der Waals surface area contributed by atoms with E-state index in [0.717, 1.165) is 20.0 Å². The number of aryl methyl sites for hydroxylation is 1. The van der Waals surface area contributed by atoms with Crippen LogP contribution in [0.5, 0.6) is 0 Å². The minimum absolute atomic E-state index is 0.00207. The molecule has 72 valence electrons. The van der Waals surface area contributed by atoms with Crippen LogP contribution < -0.4 is 0 Å². The van der Waals surface area contributed by atoms with Crippen LogP contribution in [0.15, 0.2) is 24.4 Å². The van der Waals surface area contributed by atoms with Gasteiger partial charge in [0.05, 0.1) is 12.3 Å². The van der Waals surface area contributed by atoms with Crippen LogP contribution in [0.4, 0.5) is 0 Å². The molecule has 0 aliphatic carbocycles. The van der Waals surface area contributed by atoms with E-state index in [0.29, 0.717) is 0 Å². The summed E-state index contributed by atoms with van der Waals surface area (Å²) in [7, 11) is 0. The van der Waals surface area contributed by atoms with Crippen LogP contribution in [0.3, 0.4) is 0 Å². The number of hydrogen-bond acceptors (Lipinski definition) is 2. The Morgan fingerprint density at radius 3 is 2.93 bits per heavy atom. The second kappa shape index (κ2) is 3.82. The Balaban J connectivity index is 2.77. The number of halogens is 1. The summed E-state index contributed by atoms with van der Waals surface area (Å²) in [4.78, 5) is 4.21. The smallest absolute Gasteiger partial charge is 0.0863 e. The Bertz CT molecular complexity index is 482. The maximum absolute atomic E-state index is 9.07. The number of aliphatic hydroxyl groups excluding tert-OH is 1. The zero-order chi connectivity index (χ0) is 10.1. The summed E-state index contributed by atoms with van der Waals surface area (Å²) in [5.74, 6) is 0. The van der Waals surface area contributed by atoms with E-state index in [-0.39, 0.29) is 6.61 Å². The Morgan fingerprint density at radius 2 is 2.21 bits per heavy atom. The summed E-state index contributed by atoms with van der Waals surface area (Å²) < 4.78 is 1.04. The highest BCUT2D eigenvalue weighted by atomic mass is 127. The third-order valence-electron chi connectivity index (χ3n) is 2.21. The van der Waals surface area contributed by atoms with E-state index in [9.17, 15) is 0 Å². The Morgan fingerprint density at radius 1 is 1.43 bits per heavy atom. The first-order chi connectivity index (χ1) is 6.72. The fourth-order valence-corrected chi connectivity index (χ4v) is 2.26. The van der Waals surface area contributed by atoms with E-state index in [1.165, 1.54) is 5.56 Å². The largest absolute Gasteiger partial charge is 0.390 e. The molecule has 0 aliphatic rings. The van der Waals surface area contributed by atoms with E-state index < -0.39 is 0 Å². The van der Waals surface area contributed by atoms with E-state index >= 15 is 0 Å². The minimum atomic E-state index is 0.00207. The normalized spacial score (nSPS) is 10.8. The second-order valence-electron chi connectivity index (χ2n) is 3.27. The van der Waals surface area contributed by atoms with Gasteiger partial charge in [0, 0.05) is 15.2 Å². The molecule has 0 aliphatic heterocycles. The van der Waals surface area contributed by atoms with Gasteiger partial charge in [-0.2, -0.15) is 0 Å². The molecule has 2 aromatic rings. The molecule has 0 fully saturated rings. The predicted molar refractivity (Wildman–Crippen MR) is 65.1 cm³/mol. The average Bonchev–Trinajstić information content (AvgIpc) is 2.18. The van der Waals surface area contributed by atoms with Gasteiger partial charge in [-0.3, -0.25) is 4.98 Å². The van der Waals surface area contributed by atoms with Crippen LogP contribution in [-0.2, 0) is 6.61 Å². The van der Waals surface area contributed by atoms with Gasteiger partial charge in [-0.1, -0.05) is 17.7 Å². The van der Waals surface area contributed by atoms with Gasteiger partial charge < -0.3 is 5.11 Å². The SMILES string of the molecule is Cc1ccc2c(I)c(CO)ncc2c1. The van der Waals surface area contributed by atoms with E-state index in [2.05, 4.69) is 52.7 Å². The lowest BCUT2D eigenvalue weighted by Gasteiger charge is -2.05. The molecular weight excluding hydrogens is 289 g/mol. The molecule has 1 aromatic carbocycles. The summed E-state index contributed by atoms with van der Waals surface area (Å²) in [5.41, 5.74) is 1.98. The Hall–Kier alpha value is -0.680.